The second kappa shape index (κ2) is 5.66. The second-order valence-corrected chi connectivity index (χ2v) is 7.18. The molecular formula is C16H20BrNO. The summed E-state index contributed by atoms with van der Waals surface area (Å²) < 4.78 is 0. The molecule has 19 heavy (non-hydrogen) atoms. The van der Waals surface area contributed by atoms with Crippen molar-refractivity contribution in [2.45, 2.75) is 36.4 Å². The number of benzene rings is 1. The zero-order chi connectivity index (χ0) is 13.2. The SMILES string of the molecule is O=C(NCC1CCC(Br)C1)C1CC1c1ccccc1. The quantitative estimate of drug-likeness (QED) is 0.845. The fraction of sp³-hybridized carbons (Fsp3) is 0.562. The molecule has 0 spiro atoms. The van der Waals surface area contributed by atoms with Crippen LogP contribution in [0.5, 0.6) is 0 Å². The van der Waals surface area contributed by atoms with Crippen LogP contribution in [0.3, 0.4) is 0 Å². The molecule has 2 fully saturated rings. The summed E-state index contributed by atoms with van der Waals surface area (Å²) in [7, 11) is 0. The number of halogens is 1. The highest BCUT2D eigenvalue weighted by Crippen LogP contribution is 2.47. The van der Waals surface area contributed by atoms with Crippen molar-refractivity contribution in [2.75, 3.05) is 6.54 Å². The van der Waals surface area contributed by atoms with Crippen LogP contribution >= 0.6 is 15.9 Å². The summed E-state index contributed by atoms with van der Waals surface area (Å²) >= 11 is 3.65. The molecule has 2 aliphatic carbocycles. The fourth-order valence-electron chi connectivity index (χ4n) is 3.13. The lowest BCUT2D eigenvalue weighted by molar-refractivity contribution is -0.122. The van der Waals surface area contributed by atoms with E-state index in [1.54, 1.807) is 0 Å². The van der Waals surface area contributed by atoms with E-state index in [1.165, 1.54) is 24.8 Å². The van der Waals surface area contributed by atoms with E-state index in [9.17, 15) is 4.79 Å². The van der Waals surface area contributed by atoms with Crippen LogP contribution in [-0.4, -0.2) is 17.3 Å². The Labute approximate surface area is 123 Å². The molecule has 1 aromatic carbocycles. The van der Waals surface area contributed by atoms with Crippen LogP contribution in [-0.2, 0) is 4.79 Å². The summed E-state index contributed by atoms with van der Waals surface area (Å²) in [6.45, 7) is 0.860. The average molecular weight is 322 g/mol. The maximum absolute atomic E-state index is 12.1. The molecule has 0 aliphatic heterocycles. The highest BCUT2D eigenvalue weighted by atomic mass is 79.9. The number of carbonyl (C=O) groups excluding carboxylic acids is 1. The van der Waals surface area contributed by atoms with Gasteiger partial charge in [0, 0.05) is 17.3 Å². The predicted octanol–water partition coefficient (Wildman–Crippen LogP) is 3.47. The van der Waals surface area contributed by atoms with E-state index in [1.807, 2.05) is 6.07 Å². The summed E-state index contributed by atoms with van der Waals surface area (Å²) in [4.78, 5) is 12.8. The van der Waals surface area contributed by atoms with E-state index in [2.05, 4.69) is 45.5 Å². The van der Waals surface area contributed by atoms with Gasteiger partial charge >= 0.3 is 0 Å². The Morgan fingerprint density at radius 1 is 1.21 bits per heavy atom. The third-order valence-corrected chi connectivity index (χ3v) is 5.23. The highest BCUT2D eigenvalue weighted by Gasteiger charge is 2.43. The van der Waals surface area contributed by atoms with Crippen LogP contribution in [0.25, 0.3) is 0 Å². The first-order valence-corrected chi connectivity index (χ1v) is 8.12. The molecule has 1 amide bonds. The van der Waals surface area contributed by atoms with Crippen molar-refractivity contribution in [3.63, 3.8) is 0 Å². The van der Waals surface area contributed by atoms with Gasteiger partial charge in [0.2, 0.25) is 5.91 Å². The average Bonchev–Trinajstić information content (AvgIpc) is 3.14. The number of rotatable bonds is 4. The van der Waals surface area contributed by atoms with E-state index in [0.29, 0.717) is 16.7 Å². The largest absolute Gasteiger partial charge is 0.356 e. The maximum atomic E-state index is 12.1. The minimum atomic E-state index is 0.212. The minimum absolute atomic E-state index is 0.212. The van der Waals surface area contributed by atoms with Crippen LogP contribution in [0.15, 0.2) is 30.3 Å². The molecule has 2 saturated carbocycles. The fourth-order valence-corrected chi connectivity index (χ4v) is 3.92. The molecular weight excluding hydrogens is 302 g/mol. The van der Waals surface area contributed by atoms with Crippen LogP contribution < -0.4 is 5.32 Å². The van der Waals surface area contributed by atoms with Gasteiger partial charge in [-0.3, -0.25) is 4.79 Å². The number of hydrogen-bond acceptors (Lipinski definition) is 1. The highest BCUT2D eigenvalue weighted by molar-refractivity contribution is 9.09. The third kappa shape index (κ3) is 3.19. The Hall–Kier alpha value is -0.830. The molecule has 102 valence electrons. The normalized spacial score (nSPS) is 33.1. The molecule has 0 bridgehead atoms. The third-order valence-electron chi connectivity index (χ3n) is 4.40. The number of nitrogens with one attached hydrogen (secondary N) is 1. The molecule has 0 aromatic heterocycles. The van der Waals surface area contributed by atoms with E-state index < -0.39 is 0 Å². The van der Waals surface area contributed by atoms with Crippen molar-refractivity contribution >= 4 is 21.8 Å². The molecule has 0 radical (unpaired) electrons. The monoisotopic (exact) mass is 321 g/mol. The second-order valence-electron chi connectivity index (χ2n) is 5.88. The lowest BCUT2D eigenvalue weighted by Gasteiger charge is -2.10. The first kappa shape index (κ1) is 13.2. The smallest absolute Gasteiger partial charge is 0.223 e. The maximum Gasteiger partial charge on any atom is 0.223 e. The zero-order valence-electron chi connectivity index (χ0n) is 11.0. The van der Waals surface area contributed by atoms with Gasteiger partial charge in [-0.2, -0.15) is 0 Å². The van der Waals surface area contributed by atoms with Crippen LogP contribution in [0, 0.1) is 11.8 Å². The van der Waals surface area contributed by atoms with Crippen molar-refractivity contribution in [1.29, 1.82) is 0 Å². The topological polar surface area (TPSA) is 29.1 Å². The van der Waals surface area contributed by atoms with Gasteiger partial charge in [0.25, 0.3) is 0 Å². The van der Waals surface area contributed by atoms with Crippen LogP contribution in [0.4, 0.5) is 0 Å². The molecule has 1 aromatic rings. The first-order chi connectivity index (χ1) is 9.24. The summed E-state index contributed by atoms with van der Waals surface area (Å²) in [5.74, 6) is 1.59. The standard InChI is InChI=1S/C16H20BrNO/c17-13-7-6-11(8-13)10-18-16(19)15-9-14(15)12-4-2-1-3-5-12/h1-5,11,13-15H,6-10H2,(H,18,19). The molecule has 2 aliphatic rings. The minimum Gasteiger partial charge on any atom is -0.356 e. The summed E-state index contributed by atoms with van der Waals surface area (Å²) in [6.07, 6.45) is 4.70. The predicted molar refractivity (Wildman–Crippen MR) is 80.4 cm³/mol. The number of alkyl halides is 1. The van der Waals surface area contributed by atoms with E-state index >= 15 is 0 Å². The molecule has 0 heterocycles. The van der Waals surface area contributed by atoms with Gasteiger partial charge in [-0.1, -0.05) is 46.3 Å². The van der Waals surface area contributed by atoms with Crippen molar-refractivity contribution in [2.24, 2.45) is 11.8 Å². The number of hydrogen-bond donors (Lipinski definition) is 1. The van der Waals surface area contributed by atoms with Gasteiger partial charge in [-0.25, -0.2) is 0 Å². The van der Waals surface area contributed by atoms with Crippen LogP contribution in [0.1, 0.15) is 37.2 Å². The summed E-state index contributed by atoms with van der Waals surface area (Å²) in [5, 5.41) is 3.15. The van der Waals surface area contributed by atoms with E-state index in [4.69, 9.17) is 0 Å². The Morgan fingerprint density at radius 3 is 2.68 bits per heavy atom. The molecule has 3 rings (SSSR count). The molecule has 3 heteroatoms. The van der Waals surface area contributed by atoms with Crippen molar-refractivity contribution in [3.8, 4) is 0 Å². The van der Waals surface area contributed by atoms with Crippen molar-refractivity contribution in [1.82, 2.24) is 5.32 Å². The van der Waals surface area contributed by atoms with Gasteiger partial charge in [-0.05, 0) is 43.1 Å². The van der Waals surface area contributed by atoms with Gasteiger partial charge in [-0.15, -0.1) is 0 Å². The van der Waals surface area contributed by atoms with Crippen molar-refractivity contribution < 1.29 is 4.79 Å². The van der Waals surface area contributed by atoms with Gasteiger partial charge in [0.05, 0.1) is 0 Å². The lowest BCUT2D eigenvalue weighted by atomic mass is 10.1. The van der Waals surface area contributed by atoms with E-state index in [-0.39, 0.29) is 11.8 Å². The lowest BCUT2D eigenvalue weighted by Crippen LogP contribution is -2.30. The number of carbonyl (C=O) groups is 1. The van der Waals surface area contributed by atoms with Gasteiger partial charge < -0.3 is 5.32 Å². The van der Waals surface area contributed by atoms with Gasteiger partial charge in [0.15, 0.2) is 0 Å². The zero-order valence-corrected chi connectivity index (χ0v) is 12.6. The molecule has 2 nitrogen and oxygen atoms in total. The Balaban J connectivity index is 1.45. The van der Waals surface area contributed by atoms with Gasteiger partial charge in [0.1, 0.15) is 0 Å². The van der Waals surface area contributed by atoms with Crippen LogP contribution in [0.2, 0.25) is 0 Å². The first-order valence-electron chi connectivity index (χ1n) is 7.21. The Morgan fingerprint density at radius 2 is 2.00 bits per heavy atom. The molecule has 4 atom stereocenters. The Kier molecular flexibility index (Phi) is 3.92. The molecule has 0 saturated heterocycles. The van der Waals surface area contributed by atoms with E-state index in [0.717, 1.165) is 13.0 Å². The number of amides is 1. The summed E-state index contributed by atoms with van der Waals surface area (Å²) in [6, 6.07) is 10.4. The van der Waals surface area contributed by atoms with Crippen molar-refractivity contribution in [3.05, 3.63) is 35.9 Å². The Bertz CT molecular complexity index is 447. The summed E-state index contributed by atoms with van der Waals surface area (Å²) in [5.41, 5.74) is 1.31. The molecule has 4 unspecified atom stereocenters. The molecule has 1 N–H and O–H groups in total.